The Morgan fingerprint density at radius 1 is 0.610 bits per heavy atom. The van der Waals surface area contributed by atoms with Crippen LogP contribution in [0, 0.1) is 6.92 Å². The van der Waals surface area contributed by atoms with Crippen molar-refractivity contribution in [3.63, 3.8) is 0 Å². The van der Waals surface area contributed by atoms with Crippen molar-refractivity contribution >= 4 is 20.9 Å². The summed E-state index contributed by atoms with van der Waals surface area (Å²) in [6.07, 6.45) is 24.8. The topological polar surface area (TPSA) is 57.2 Å². The number of quaternary nitrogens is 1. The van der Waals surface area contributed by atoms with E-state index in [1.54, 1.807) is 0 Å². The smallest absolute Gasteiger partial charge is 0.0916 e. The normalized spacial score (nSPS) is 11.5. The molecule has 41 heavy (non-hydrogen) atoms. The van der Waals surface area contributed by atoms with E-state index in [0.717, 1.165) is 6.42 Å². The minimum atomic E-state index is -3.92. The highest BCUT2D eigenvalue weighted by Crippen LogP contribution is 2.22. The molecule has 0 aliphatic heterocycles. The molecule has 0 aliphatic rings. The second kappa shape index (κ2) is 24.1. The van der Waals surface area contributed by atoms with Crippen molar-refractivity contribution in [2.75, 3.05) is 33.4 Å². The summed E-state index contributed by atoms with van der Waals surface area (Å²) < 4.78 is 28.5. The zero-order valence-electron chi connectivity index (χ0n) is 28.0. The molecule has 2 aromatic carbocycles. The van der Waals surface area contributed by atoms with Crippen molar-refractivity contribution in [1.29, 1.82) is 0 Å². The summed E-state index contributed by atoms with van der Waals surface area (Å²) in [4.78, 5) is 0. The van der Waals surface area contributed by atoms with E-state index in [-0.39, 0.29) is 0 Å². The lowest BCUT2D eigenvalue weighted by Crippen LogP contribution is -2.41. The molecule has 0 atom stereocenters. The number of benzene rings is 2. The van der Waals surface area contributed by atoms with Gasteiger partial charge in [0.25, 0.3) is 0 Å². The molecular weight excluding hydrogens is 526 g/mol. The predicted molar refractivity (Wildman–Crippen MR) is 181 cm³/mol. The average Bonchev–Trinajstić information content (AvgIpc) is 2.91. The van der Waals surface area contributed by atoms with Crippen LogP contribution in [0.25, 0.3) is 10.8 Å². The number of aryl methyl sites for hydroxylation is 2. The summed E-state index contributed by atoms with van der Waals surface area (Å²) in [5, 5.41) is 2.80. The predicted octanol–water partition coefficient (Wildman–Crippen LogP) is 10.2. The number of nitrogens with zero attached hydrogens (tertiary/aromatic N) is 1. The third-order valence-corrected chi connectivity index (χ3v) is 7.85. The molecule has 0 saturated carbocycles. The zero-order valence-corrected chi connectivity index (χ0v) is 28.8. The zero-order chi connectivity index (χ0) is 31.0. The molecule has 4 nitrogen and oxygen atoms in total. The molecule has 238 valence electrons. The van der Waals surface area contributed by atoms with Gasteiger partial charge in [0.15, 0.2) is 0 Å². The maximum atomic E-state index is 9.08. The number of unbranched alkanes of at least 4 members (excludes halogenated alkanes) is 14. The van der Waals surface area contributed by atoms with Crippen LogP contribution in [0.2, 0.25) is 0 Å². The van der Waals surface area contributed by atoms with E-state index in [4.69, 9.17) is 13.0 Å². The van der Waals surface area contributed by atoms with Crippen LogP contribution in [-0.4, -0.2) is 50.9 Å². The lowest BCUT2D eigenvalue weighted by molar-refractivity contribution is -0.890. The molecule has 0 N–H and O–H groups in total. The second-order valence-corrected chi connectivity index (χ2v) is 13.9. The van der Waals surface area contributed by atoms with Crippen LogP contribution in [0.15, 0.2) is 36.4 Å². The fourth-order valence-electron chi connectivity index (χ4n) is 5.28. The first-order valence-corrected chi connectivity index (χ1v) is 18.5. The lowest BCUT2D eigenvalue weighted by atomic mass is 9.99. The maximum absolute atomic E-state index is 9.08. The van der Waals surface area contributed by atoms with Gasteiger partial charge in [-0.25, -0.2) is 8.42 Å². The van der Waals surface area contributed by atoms with Gasteiger partial charge < -0.3 is 9.04 Å². The van der Waals surface area contributed by atoms with Gasteiger partial charge >= 0.3 is 0 Å². The van der Waals surface area contributed by atoms with Gasteiger partial charge in [0.05, 0.1) is 37.3 Å². The monoisotopic (exact) mass is 591 g/mol. The highest BCUT2D eigenvalue weighted by atomic mass is 32.2. The molecule has 0 fully saturated rings. The Hall–Kier alpha value is -1.43. The van der Waals surface area contributed by atoms with E-state index >= 15 is 0 Å². The first-order chi connectivity index (χ1) is 19.4. The van der Waals surface area contributed by atoms with Crippen LogP contribution < -0.4 is 0 Å². The van der Waals surface area contributed by atoms with E-state index in [0.29, 0.717) is 6.26 Å². The Balaban J connectivity index is 0.000000733. The van der Waals surface area contributed by atoms with Crippen LogP contribution in [0.1, 0.15) is 135 Å². The highest BCUT2D eigenvalue weighted by molar-refractivity contribution is 7.84. The molecule has 0 aromatic heterocycles. The van der Waals surface area contributed by atoms with Gasteiger partial charge in [-0.1, -0.05) is 134 Å². The summed E-state index contributed by atoms with van der Waals surface area (Å²) in [5.41, 5.74) is 2.81. The van der Waals surface area contributed by atoms with Crippen LogP contribution in [-0.2, 0) is 16.5 Å². The van der Waals surface area contributed by atoms with Gasteiger partial charge in [-0.15, -0.1) is 0 Å². The Bertz CT molecular complexity index is 971. The second-order valence-electron chi connectivity index (χ2n) is 12.5. The quantitative estimate of drug-likeness (QED) is 0.0927. The van der Waals surface area contributed by atoms with Crippen molar-refractivity contribution in [3.8, 4) is 0 Å². The van der Waals surface area contributed by atoms with Crippen molar-refractivity contribution in [3.05, 3.63) is 47.5 Å². The Labute approximate surface area is 255 Å². The first kappa shape index (κ1) is 39.6. The lowest BCUT2D eigenvalue weighted by Gasteiger charge is -2.30. The highest BCUT2D eigenvalue weighted by Gasteiger charge is 2.13. The van der Waals surface area contributed by atoms with E-state index < -0.39 is 10.1 Å². The Morgan fingerprint density at radius 2 is 0.976 bits per heavy atom. The molecule has 0 spiro atoms. The first-order valence-electron chi connectivity index (χ1n) is 16.6. The van der Waals surface area contributed by atoms with Crippen LogP contribution in [0.5, 0.6) is 0 Å². The van der Waals surface area contributed by atoms with Crippen molar-refractivity contribution in [2.24, 2.45) is 0 Å². The van der Waals surface area contributed by atoms with E-state index in [1.807, 2.05) is 0 Å². The molecule has 0 heterocycles. The van der Waals surface area contributed by atoms with Gasteiger partial charge in [-0.2, -0.15) is 0 Å². The van der Waals surface area contributed by atoms with E-state index in [1.165, 1.54) is 142 Å². The fraction of sp³-hybridized carbons (Fsp3) is 0.722. The molecule has 0 radical (unpaired) electrons. The molecule has 0 saturated heterocycles. The minimum absolute atomic E-state index is 0.604. The van der Waals surface area contributed by atoms with Gasteiger partial charge in [0.1, 0.15) is 0 Å². The third-order valence-electron chi connectivity index (χ3n) is 7.85. The molecule has 0 bridgehead atoms. The molecule has 0 amide bonds. The Morgan fingerprint density at radius 3 is 1.37 bits per heavy atom. The molecule has 0 unspecified atom stereocenters. The van der Waals surface area contributed by atoms with Crippen LogP contribution in [0.4, 0.5) is 0 Å². The average molecular weight is 592 g/mol. The van der Waals surface area contributed by atoms with Gasteiger partial charge in [0.2, 0.25) is 0 Å². The van der Waals surface area contributed by atoms with Crippen molar-refractivity contribution < 1.29 is 17.5 Å². The SMILES string of the molecule is CCCCCCCCCC[N+](C)(C)CCCCCCCCCC.CCc1ccc(C)c2ccccc12.CS(=O)(=O)[O-]. The number of hydrogen-bond donors (Lipinski definition) is 0. The summed E-state index contributed by atoms with van der Waals surface area (Å²) in [7, 11) is 0.949. The van der Waals surface area contributed by atoms with E-state index in [9.17, 15) is 0 Å². The van der Waals surface area contributed by atoms with Crippen LogP contribution in [0.3, 0.4) is 0 Å². The summed E-state index contributed by atoms with van der Waals surface area (Å²) in [5.74, 6) is 0. The van der Waals surface area contributed by atoms with Crippen LogP contribution >= 0.6 is 0 Å². The third kappa shape index (κ3) is 23.8. The maximum Gasteiger partial charge on any atom is 0.0916 e. The summed E-state index contributed by atoms with van der Waals surface area (Å²) in [6, 6.07) is 13.1. The van der Waals surface area contributed by atoms with Gasteiger partial charge in [-0.05, 0) is 60.9 Å². The van der Waals surface area contributed by atoms with Gasteiger partial charge in [-0.3, -0.25) is 0 Å². The number of rotatable bonds is 19. The molecule has 2 rings (SSSR count). The largest absolute Gasteiger partial charge is 0.748 e. The fourth-order valence-corrected chi connectivity index (χ4v) is 5.28. The van der Waals surface area contributed by atoms with Crippen molar-refractivity contribution in [1.82, 2.24) is 0 Å². The number of hydrogen-bond acceptors (Lipinski definition) is 3. The molecule has 0 aliphatic carbocycles. The van der Waals surface area contributed by atoms with Crippen molar-refractivity contribution in [2.45, 2.75) is 137 Å². The standard InChI is InChI=1S/C22H48N.C13H14.CH4O3S/c1-5-7-9-11-13-15-17-19-21-23(3,4)22-20-18-16-14-12-10-8-6-2;1-3-11-9-8-10(2)12-6-4-5-7-13(11)12;1-5(2,3)4/h5-22H2,1-4H3;4-9H,3H2,1-2H3;1H3,(H,2,3,4)/q+1;;/p-1. The summed E-state index contributed by atoms with van der Waals surface area (Å²) in [6.45, 7) is 11.7. The number of fused-ring (bicyclic) bond motifs is 1. The molecule has 5 heteroatoms. The minimum Gasteiger partial charge on any atom is -0.748 e. The molecular formula is C36H65NO3S. The molecule has 2 aromatic rings. The van der Waals surface area contributed by atoms with E-state index in [2.05, 4.69) is 78.2 Å². The summed E-state index contributed by atoms with van der Waals surface area (Å²) >= 11 is 0. The van der Waals surface area contributed by atoms with Gasteiger partial charge in [0, 0.05) is 6.26 Å². The Kier molecular flexibility index (Phi) is 23.2.